The van der Waals surface area contributed by atoms with E-state index in [1.54, 1.807) is 19.1 Å². The van der Waals surface area contributed by atoms with E-state index in [1.807, 2.05) is 36.4 Å². The number of ether oxygens (including phenoxy) is 1. The van der Waals surface area contributed by atoms with Crippen LogP contribution in [0.3, 0.4) is 0 Å². The van der Waals surface area contributed by atoms with Gasteiger partial charge in [-0.05, 0) is 65.1 Å². The van der Waals surface area contributed by atoms with Gasteiger partial charge in [0.15, 0.2) is 0 Å². The Balaban J connectivity index is 2.12. The number of rotatable bonds is 4. The molecule has 3 rings (SSSR count). The average molecular weight is 502 g/mol. The van der Waals surface area contributed by atoms with Gasteiger partial charge >= 0.3 is 5.97 Å². The highest BCUT2D eigenvalue weighted by atomic mass is 127. The van der Waals surface area contributed by atoms with Gasteiger partial charge in [-0.1, -0.05) is 13.8 Å². The molecule has 0 saturated carbocycles. The molecule has 2 N–H and O–H groups in total. The van der Waals surface area contributed by atoms with Crippen LogP contribution in [0, 0.1) is 14.8 Å². The van der Waals surface area contributed by atoms with Gasteiger partial charge in [0.2, 0.25) is 0 Å². The van der Waals surface area contributed by atoms with Gasteiger partial charge in [-0.25, -0.2) is 9.18 Å². The number of nitrogens with one attached hydrogen (secondary N) is 2. The van der Waals surface area contributed by atoms with E-state index < -0.39 is 11.8 Å². The molecule has 0 fully saturated rings. The number of thiophene rings is 1. The predicted molar refractivity (Wildman–Crippen MR) is 112 cm³/mol. The van der Waals surface area contributed by atoms with E-state index in [4.69, 9.17) is 4.74 Å². The highest BCUT2D eigenvalue weighted by Crippen LogP contribution is 2.41. The van der Waals surface area contributed by atoms with Crippen LogP contribution in [0.5, 0.6) is 0 Å². The van der Waals surface area contributed by atoms with Gasteiger partial charge in [-0.3, -0.25) is 4.79 Å². The van der Waals surface area contributed by atoms with Crippen molar-refractivity contribution >= 4 is 56.5 Å². The summed E-state index contributed by atoms with van der Waals surface area (Å²) in [5, 5.41) is 6.32. The van der Waals surface area contributed by atoms with Gasteiger partial charge in [0, 0.05) is 10.1 Å². The van der Waals surface area contributed by atoms with E-state index >= 15 is 0 Å². The Morgan fingerprint density at radius 2 is 2.19 bits per heavy atom. The molecule has 0 radical (unpaired) electrons. The molecule has 0 unspecified atom stereocenters. The van der Waals surface area contributed by atoms with Crippen molar-refractivity contribution in [3.05, 3.63) is 43.6 Å². The van der Waals surface area contributed by atoms with E-state index in [9.17, 15) is 14.0 Å². The van der Waals surface area contributed by atoms with Crippen molar-refractivity contribution in [2.45, 2.75) is 27.2 Å². The molecule has 2 heterocycles. The molecule has 1 amide bonds. The minimum Gasteiger partial charge on any atom is -0.462 e. The van der Waals surface area contributed by atoms with Crippen molar-refractivity contribution in [2.75, 3.05) is 18.5 Å². The number of hydrogen-bond acceptors (Lipinski definition) is 5. The third kappa shape index (κ3) is 4.26. The van der Waals surface area contributed by atoms with Crippen molar-refractivity contribution in [3.8, 4) is 0 Å². The first-order chi connectivity index (χ1) is 12.7. The van der Waals surface area contributed by atoms with Crippen LogP contribution in [0.25, 0.3) is 0 Å². The third-order valence-corrected chi connectivity index (χ3v) is 6.07. The van der Waals surface area contributed by atoms with Crippen LogP contribution in [-0.2, 0) is 11.2 Å². The Morgan fingerprint density at radius 3 is 2.85 bits per heavy atom. The summed E-state index contributed by atoms with van der Waals surface area (Å²) in [4.78, 5) is 25.7. The third-order valence-electron chi connectivity index (χ3n) is 4.25. The topological polar surface area (TPSA) is 67.4 Å². The smallest absolute Gasteiger partial charge is 0.341 e. The molecule has 144 valence electrons. The molecule has 2 aromatic rings. The maximum atomic E-state index is 14.3. The second-order valence-corrected chi connectivity index (χ2v) is 9.37. The Kier molecular flexibility index (Phi) is 5.76. The van der Waals surface area contributed by atoms with Gasteiger partial charge < -0.3 is 15.4 Å². The first kappa shape index (κ1) is 20.1. The number of fused-ring (bicyclic) bond motifs is 1. The van der Waals surface area contributed by atoms with Gasteiger partial charge in [0.1, 0.15) is 10.8 Å². The zero-order valence-electron chi connectivity index (χ0n) is 15.2. The van der Waals surface area contributed by atoms with Gasteiger partial charge in [-0.2, -0.15) is 0 Å². The predicted octanol–water partition coefficient (Wildman–Crippen LogP) is 4.72. The average Bonchev–Trinajstić information content (AvgIpc) is 2.87. The molecule has 1 aromatic heterocycles. The summed E-state index contributed by atoms with van der Waals surface area (Å²) >= 11 is 3.18. The standard InChI is InChI=1S/C19H20FIN2O3S/c1-4-26-18(25)14-11-8-19(2,3)9-22-16(24)15(11)27-17(14)23-13-6-5-10(21)7-12(13)20/h5-7,23H,4,8-9H2,1-3H3,(H,22,24). The lowest BCUT2D eigenvalue weighted by atomic mass is 9.85. The maximum absolute atomic E-state index is 14.3. The molecule has 1 aliphatic rings. The molecule has 1 aromatic carbocycles. The Morgan fingerprint density at radius 1 is 1.44 bits per heavy atom. The number of amides is 1. The Hall–Kier alpha value is -1.68. The highest BCUT2D eigenvalue weighted by Gasteiger charge is 2.35. The van der Waals surface area contributed by atoms with Gasteiger partial charge in [-0.15, -0.1) is 11.3 Å². The van der Waals surface area contributed by atoms with Crippen LogP contribution in [0.4, 0.5) is 15.1 Å². The van der Waals surface area contributed by atoms with E-state index in [2.05, 4.69) is 10.6 Å². The lowest BCUT2D eigenvalue weighted by Crippen LogP contribution is -2.31. The normalized spacial score (nSPS) is 15.5. The summed E-state index contributed by atoms with van der Waals surface area (Å²) < 4.78 is 20.3. The zero-order chi connectivity index (χ0) is 19.8. The number of halogens is 2. The number of hydrogen-bond donors (Lipinski definition) is 2. The van der Waals surface area contributed by atoms with Crippen molar-refractivity contribution in [1.29, 1.82) is 0 Å². The van der Waals surface area contributed by atoms with Crippen molar-refractivity contribution < 1.29 is 18.7 Å². The molecule has 0 atom stereocenters. The summed E-state index contributed by atoms with van der Waals surface area (Å²) in [7, 11) is 0. The van der Waals surface area contributed by atoms with Crippen LogP contribution in [0.2, 0.25) is 0 Å². The van der Waals surface area contributed by atoms with Crippen LogP contribution < -0.4 is 10.6 Å². The molecular weight excluding hydrogens is 482 g/mol. The van der Waals surface area contributed by atoms with Crippen molar-refractivity contribution in [2.24, 2.45) is 5.41 Å². The van der Waals surface area contributed by atoms with Gasteiger partial charge in [0.05, 0.1) is 22.7 Å². The molecule has 1 aliphatic heterocycles. The molecule has 0 bridgehead atoms. The second kappa shape index (κ2) is 7.75. The monoisotopic (exact) mass is 502 g/mol. The van der Waals surface area contributed by atoms with Crippen LogP contribution in [0.15, 0.2) is 18.2 Å². The summed E-state index contributed by atoms with van der Waals surface area (Å²) in [5.41, 5.74) is 1.01. The van der Waals surface area contributed by atoms with E-state index in [1.165, 1.54) is 6.07 Å². The fraction of sp³-hybridized carbons (Fsp3) is 0.368. The van der Waals surface area contributed by atoms with Crippen LogP contribution >= 0.6 is 33.9 Å². The summed E-state index contributed by atoms with van der Waals surface area (Å²) in [5.74, 6) is -1.15. The molecule has 8 heteroatoms. The largest absolute Gasteiger partial charge is 0.462 e. The Bertz CT molecular complexity index is 911. The second-order valence-electron chi connectivity index (χ2n) is 7.11. The van der Waals surface area contributed by atoms with Crippen LogP contribution in [0.1, 0.15) is 46.4 Å². The van der Waals surface area contributed by atoms with Crippen molar-refractivity contribution in [3.63, 3.8) is 0 Å². The minimum absolute atomic E-state index is 0.214. The highest BCUT2D eigenvalue weighted by molar-refractivity contribution is 14.1. The lowest BCUT2D eigenvalue weighted by molar-refractivity contribution is 0.0526. The first-order valence-corrected chi connectivity index (χ1v) is 10.4. The number of carbonyl (C=O) groups excluding carboxylic acids is 2. The number of anilines is 2. The fourth-order valence-electron chi connectivity index (χ4n) is 2.98. The molecule has 0 aliphatic carbocycles. The van der Waals surface area contributed by atoms with E-state index in [-0.39, 0.29) is 23.6 Å². The number of esters is 1. The SMILES string of the molecule is CCOC(=O)c1c(Nc2ccc(I)cc2F)sc2c1CC(C)(C)CNC2=O. The molecule has 0 spiro atoms. The van der Waals surface area contributed by atoms with E-state index in [0.29, 0.717) is 34.0 Å². The van der Waals surface area contributed by atoms with E-state index in [0.717, 1.165) is 14.9 Å². The lowest BCUT2D eigenvalue weighted by Gasteiger charge is -2.22. The quantitative estimate of drug-likeness (QED) is 0.469. The number of benzene rings is 1. The summed E-state index contributed by atoms with van der Waals surface area (Å²) in [6, 6.07) is 4.78. The summed E-state index contributed by atoms with van der Waals surface area (Å²) in [6.45, 7) is 6.52. The number of carbonyl (C=O) groups is 2. The molecular formula is C19H20FIN2O3S. The zero-order valence-corrected chi connectivity index (χ0v) is 18.2. The summed E-state index contributed by atoms with van der Waals surface area (Å²) in [6.07, 6.45) is 0.544. The molecule has 0 saturated heterocycles. The fourth-order valence-corrected chi connectivity index (χ4v) is 4.57. The molecule has 27 heavy (non-hydrogen) atoms. The first-order valence-electron chi connectivity index (χ1n) is 8.55. The van der Waals surface area contributed by atoms with Gasteiger partial charge in [0.25, 0.3) is 5.91 Å². The maximum Gasteiger partial charge on any atom is 0.341 e. The van der Waals surface area contributed by atoms with Crippen LogP contribution in [-0.4, -0.2) is 25.0 Å². The molecule has 5 nitrogen and oxygen atoms in total. The Labute approximate surface area is 174 Å². The van der Waals surface area contributed by atoms with Crippen molar-refractivity contribution in [1.82, 2.24) is 5.32 Å². The minimum atomic E-state index is -0.506.